The first-order chi connectivity index (χ1) is 8.15. The molecule has 92 valence electrons. The highest BCUT2D eigenvalue weighted by atomic mass is 79.9. The van der Waals surface area contributed by atoms with E-state index in [0.717, 1.165) is 29.4 Å². The molecule has 1 saturated heterocycles. The molecule has 1 N–H and O–H groups in total. The number of rotatable bonds is 2. The Kier molecular flexibility index (Phi) is 3.84. The summed E-state index contributed by atoms with van der Waals surface area (Å²) >= 11 is 3.46. The van der Waals surface area contributed by atoms with Crippen molar-refractivity contribution in [1.82, 2.24) is 4.90 Å². The molecule has 2 rings (SSSR count). The first-order valence-electron chi connectivity index (χ1n) is 5.82. The summed E-state index contributed by atoms with van der Waals surface area (Å²) in [6, 6.07) is 5.66. The highest BCUT2D eigenvalue weighted by Gasteiger charge is 2.29. The number of benzene rings is 1. The van der Waals surface area contributed by atoms with Gasteiger partial charge in [0.2, 0.25) is 0 Å². The Morgan fingerprint density at radius 1 is 1.59 bits per heavy atom. The molecule has 4 heteroatoms. The van der Waals surface area contributed by atoms with E-state index in [1.54, 1.807) is 4.90 Å². The van der Waals surface area contributed by atoms with Crippen LogP contribution < -0.4 is 0 Å². The van der Waals surface area contributed by atoms with Gasteiger partial charge in [-0.1, -0.05) is 12.1 Å². The molecular formula is C13H16BrNO2. The maximum absolute atomic E-state index is 12.4. The summed E-state index contributed by atoms with van der Waals surface area (Å²) in [7, 11) is 0. The van der Waals surface area contributed by atoms with Crippen molar-refractivity contribution < 1.29 is 9.90 Å². The van der Waals surface area contributed by atoms with Crippen LogP contribution in [0.3, 0.4) is 0 Å². The minimum absolute atomic E-state index is 0.0112. The van der Waals surface area contributed by atoms with Crippen LogP contribution in [-0.2, 0) is 0 Å². The van der Waals surface area contributed by atoms with Crippen LogP contribution in [0.1, 0.15) is 28.8 Å². The molecule has 1 heterocycles. The number of carbonyl (C=O) groups is 1. The van der Waals surface area contributed by atoms with Gasteiger partial charge in [0, 0.05) is 11.0 Å². The second-order valence-corrected chi connectivity index (χ2v) is 5.21. The van der Waals surface area contributed by atoms with Crippen LogP contribution in [0.25, 0.3) is 0 Å². The minimum atomic E-state index is -0.0186. The molecule has 3 nitrogen and oxygen atoms in total. The van der Waals surface area contributed by atoms with Gasteiger partial charge in [-0.05, 0) is 47.3 Å². The van der Waals surface area contributed by atoms with Crippen molar-refractivity contribution >= 4 is 21.8 Å². The monoisotopic (exact) mass is 297 g/mol. The van der Waals surface area contributed by atoms with Gasteiger partial charge in [0.15, 0.2) is 0 Å². The normalized spacial score (nSPS) is 19.7. The van der Waals surface area contributed by atoms with Gasteiger partial charge in [0.1, 0.15) is 0 Å². The number of amides is 1. The molecule has 1 unspecified atom stereocenters. The molecule has 1 atom stereocenters. The predicted molar refractivity (Wildman–Crippen MR) is 70.0 cm³/mol. The summed E-state index contributed by atoms with van der Waals surface area (Å²) in [4.78, 5) is 14.2. The molecule has 1 aliphatic heterocycles. The Hall–Kier alpha value is -0.870. The van der Waals surface area contributed by atoms with Gasteiger partial charge in [-0.25, -0.2) is 0 Å². The number of carbonyl (C=O) groups excluding carboxylic acids is 1. The molecular weight excluding hydrogens is 282 g/mol. The molecule has 1 aliphatic rings. The maximum Gasteiger partial charge on any atom is 0.255 e. The SMILES string of the molecule is Cc1cccc(C(=O)N2CCCC2CO)c1Br. The lowest BCUT2D eigenvalue weighted by Crippen LogP contribution is -2.37. The zero-order valence-electron chi connectivity index (χ0n) is 9.82. The fourth-order valence-corrected chi connectivity index (χ4v) is 2.69. The highest BCUT2D eigenvalue weighted by molar-refractivity contribution is 9.10. The summed E-state index contributed by atoms with van der Waals surface area (Å²) < 4.78 is 0.855. The van der Waals surface area contributed by atoms with Crippen molar-refractivity contribution in [3.05, 3.63) is 33.8 Å². The Morgan fingerprint density at radius 3 is 3.06 bits per heavy atom. The van der Waals surface area contributed by atoms with E-state index in [2.05, 4.69) is 15.9 Å². The van der Waals surface area contributed by atoms with Gasteiger partial charge in [-0.15, -0.1) is 0 Å². The molecule has 17 heavy (non-hydrogen) atoms. The van der Waals surface area contributed by atoms with Gasteiger partial charge in [0.25, 0.3) is 5.91 Å². The summed E-state index contributed by atoms with van der Waals surface area (Å²) in [5.74, 6) is 0.0112. The van der Waals surface area contributed by atoms with Crippen LogP contribution >= 0.6 is 15.9 Å². The molecule has 0 bridgehead atoms. The van der Waals surface area contributed by atoms with Crippen LogP contribution in [0.5, 0.6) is 0 Å². The van der Waals surface area contributed by atoms with E-state index in [1.807, 2.05) is 25.1 Å². The standard InChI is InChI=1S/C13H16BrNO2/c1-9-4-2-6-11(12(9)14)13(17)15-7-3-5-10(15)8-16/h2,4,6,10,16H,3,5,7-8H2,1H3. The summed E-state index contributed by atoms with van der Waals surface area (Å²) in [6.45, 7) is 2.76. The first kappa shape index (κ1) is 12.6. The van der Waals surface area contributed by atoms with Crippen molar-refractivity contribution in [2.45, 2.75) is 25.8 Å². The maximum atomic E-state index is 12.4. The third-order valence-electron chi connectivity index (χ3n) is 3.27. The van der Waals surface area contributed by atoms with Crippen LogP contribution in [0.4, 0.5) is 0 Å². The van der Waals surface area contributed by atoms with Crippen LogP contribution in [0.15, 0.2) is 22.7 Å². The predicted octanol–water partition coefficient (Wildman–Crippen LogP) is 2.35. The molecule has 1 amide bonds. The molecule has 1 fully saturated rings. The zero-order valence-corrected chi connectivity index (χ0v) is 11.4. The van der Waals surface area contributed by atoms with Gasteiger partial charge < -0.3 is 10.0 Å². The van der Waals surface area contributed by atoms with E-state index in [0.29, 0.717) is 5.56 Å². The lowest BCUT2D eigenvalue weighted by Gasteiger charge is -2.23. The fraction of sp³-hybridized carbons (Fsp3) is 0.462. The quantitative estimate of drug-likeness (QED) is 0.910. The van der Waals surface area contributed by atoms with Crippen molar-refractivity contribution in [3.8, 4) is 0 Å². The number of hydrogen-bond acceptors (Lipinski definition) is 2. The number of hydrogen-bond donors (Lipinski definition) is 1. The largest absolute Gasteiger partial charge is 0.394 e. The van der Waals surface area contributed by atoms with Crippen molar-refractivity contribution in [1.29, 1.82) is 0 Å². The fourth-order valence-electron chi connectivity index (χ4n) is 2.26. The lowest BCUT2D eigenvalue weighted by molar-refractivity contribution is 0.0676. The molecule has 1 aromatic carbocycles. The summed E-state index contributed by atoms with van der Waals surface area (Å²) in [5.41, 5.74) is 1.74. The Balaban J connectivity index is 2.28. The summed E-state index contributed by atoms with van der Waals surface area (Å²) in [5, 5.41) is 9.25. The minimum Gasteiger partial charge on any atom is -0.394 e. The van der Waals surface area contributed by atoms with Crippen molar-refractivity contribution in [2.75, 3.05) is 13.2 Å². The van der Waals surface area contributed by atoms with Crippen LogP contribution in [-0.4, -0.2) is 35.1 Å². The second-order valence-electron chi connectivity index (χ2n) is 4.41. The first-order valence-corrected chi connectivity index (χ1v) is 6.61. The van der Waals surface area contributed by atoms with Gasteiger partial charge in [-0.3, -0.25) is 4.79 Å². The second kappa shape index (κ2) is 5.19. The van der Waals surface area contributed by atoms with E-state index in [9.17, 15) is 9.90 Å². The van der Waals surface area contributed by atoms with Crippen molar-refractivity contribution in [2.24, 2.45) is 0 Å². The third-order valence-corrected chi connectivity index (χ3v) is 4.32. The van der Waals surface area contributed by atoms with Gasteiger partial charge in [-0.2, -0.15) is 0 Å². The highest BCUT2D eigenvalue weighted by Crippen LogP contribution is 2.26. The topological polar surface area (TPSA) is 40.5 Å². The van der Waals surface area contributed by atoms with Gasteiger partial charge in [0.05, 0.1) is 18.2 Å². The summed E-state index contributed by atoms with van der Waals surface area (Å²) in [6.07, 6.45) is 1.87. The average molecular weight is 298 g/mol. The number of halogens is 1. The third kappa shape index (κ3) is 2.38. The number of likely N-dealkylation sites (tertiary alicyclic amines) is 1. The van der Waals surface area contributed by atoms with E-state index in [1.165, 1.54) is 0 Å². The number of aliphatic hydroxyl groups excluding tert-OH is 1. The average Bonchev–Trinajstić information content (AvgIpc) is 2.80. The van der Waals surface area contributed by atoms with E-state index in [-0.39, 0.29) is 18.6 Å². The van der Waals surface area contributed by atoms with Crippen molar-refractivity contribution in [3.63, 3.8) is 0 Å². The molecule has 0 radical (unpaired) electrons. The number of aryl methyl sites for hydroxylation is 1. The van der Waals surface area contributed by atoms with Gasteiger partial charge >= 0.3 is 0 Å². The van der Waals surface area contributed by atoms with E-state index < -0.39 is 0 Å². The molecule has 0 aromatic heterocycles. The molecule has 0 saturated carbocycles. The molecule has 0 spiro atoms. The number of nitrogens with zero attached hydrogens (tertiary/aromatic N) is 1. The van der Waals surface area contributed by atoms with E-state index in [4.69, 9.17) is 0 Å². The Morgan fingerprint density at radius 2 is 2.35 bits per heavy atom. The molecule has 0 aliphatic carbocycles. The number of aliphatic hydroxyl groups is 1. The zero-order chi connectivity index (χ0) is 12.4. The molecule has 1 aromatic rings. The van der Waals surface area contributed by atoms with Crippen LogP contribution in [0.2, 0.25) is 0 Å². The Labute approximate surface area is 110 Å². The smallest absolute Gasteiger partial charge is 0.255 e. The van der Waals surface area contributed by atoms with E-state index >= 15 is 0 Å². The van der Waals surface area contributed by atoms with Crippen LogP contribution in [0, 0.1) is 6.92 Å². The lowest BCUT2D eigenvalue weighted by atomic mass is 10.1. The Bertz CT molecular complexity index is 433.